The van der Waals surface area contributed by atoms with E-state index < -0.39 is 5.97 Å². The Kier molecular flexibility index (Phi) is 6.07. The van der Waals surface area contributed by atoms with Crippen molar-refractivity contribution in [2.24, 2.45) is 5.73 Å². The average molecular weight is 171 g/mol. The lowest BCUT2D eigenvalue weighted by molar-refractivity contribution is -0.133. The van der Waals surface area contributed by atoms with Crippen LogP contribution in [0, 0.1) is 11.8 Å². The van der Waals surface area contributed by atoms with Crippen LogP contribution in [0.2, 0.25) is 0 Å². The number of ether oxygens (including phenoxy) is 2. The van der Waals surface area contributed by atoms with Crippen molar-refractivity contribution in [1.29, 1.82) is 0 Å². The number of carbonyl (C=O) groups excluding carboxylic acids is 1. The molecule has 0 rings (SSSR count). The quantitative estimate of drug-likeness (QED) is 0.354. The van der Waals surface area contributed by atoms with Gasteiger partial charge in [0.2, 0.25) is 0 Å². The molecule has 0 aliphatic rings. The van der Waals surface area contributed by atoms with E-state index in [2.05, 4.69) is 16.6 Å². The summed E-state index contributed by atoms with van der Waals surface area (Å²) in [5.41, 5.74) is 5.50. The molecule has 0 fully saturated rings. The first-order valence-electron chi connectivity index (χ1n) is 3.54. The zero-order valence-corrected chi connectivity index (χ0v) is 7.29. The van der Waals surface area contributed by atoms with E-state index in [-0.39, 0.29) is 6.04 Å². The molecule has 4 nitrogen and oxygen atoms in total. The second-order valence-corrected chi connectivity index (χ2v) is 2.15. The number of hydrogen-bond acceptors (Lipinski definition) is 4. The maximum atomic E-state index is 10.5. The molecule has 0 aromatic carbocycles. The van der Waals surface area contributed by atoms with Crippen LogP contribution in [-0.2, 0) is 14.3 Å². The number of methoxy groups -OCH3 is 2. The van der Waals surface area contributed by atoms with Gasteiger partial charge in [-0.15, -0.1) is 0 Å². The monoisotopic (exact) mass is 171 g/mol. The van der Waals surface area contributed by atoms with Gasteiger partial charge in [0, 0.05) is 19.6 Å². The smallest absolute Gasteiger partial charge is 0.384 e. The lowest BCUT2D eigenvalue weighted by Gasteiger charge is -2.00. The molecule has 0 bridgehead atoms. The zero-order chi connectivity index (χ0) is 9.40. The summed E-state index contributed by atoms with van der Waals surface area (Å²) in [6, 6.07) is -0.330. The van der Waals surface area contributed by atoms with Gasteiger partial charge >= 0.3 is 5.97 Å². The summed E-state index contributed by atoms with van der Waals surface area (Å²) in [7, 11) is 2.86. The molecule has 1 unspecified atom stereocenters. The van der Waals surface area contributed by atoms with Gasteiger partial charge in [0.05, 0.1) is 13.2 Å². The molecule has 0 amide bonds. The fourth-order valence-electron chi connectivity index (χ4n) is 0.520. The van der Waals surface area contributed by atoms with Crippen LogP contribution in [0.4, 0.5) is 0 Å². The van der Waals surface area contributed by atoms with Crippen molar-refractivity contribution in [3.63, 3.8) is 0 Å². The number of esters is 1. The van der Waals surface area contributed by atoms with Gasteiger partial charge in [0.15, 0.2) is 0 Å². The van der Waals surface area contributed by atoms with E-state index in [1.807, 2.05) is 0 Å². The Labute approximate surface area is 72.0 Å². The molecule has 0 aliphatic heterocycles. The molecule has 12 heavy (non-hydrogen) atoms. The van der Waals surface area contributed by atoms with Crippen molar-refractivity contribution in [1.82, 2.24) is 0 Å². The predicted molar refractivity (Wildman–Crippen MR) is 44.3 cm³/mol. The molecule has 0 heterocycles. The van der Waals surface area contributed by atoms with E-state index in [1.54, 1.807) is 7.11 Å². The van der Waals surface area contributed by atoms with Crippen molar-refractivity contribution < 1.29 is 14.3 Å². The standard InChI is InChI=1S/C8H13NO3/c1-11-6-5-7(9)3-4-8(10)12-2/h7H,5-6,9H2,1-2H3. The van der Waals surface area contributed by atoms with Gasteiger partial charge in [-0.3, -0.25) is 0 Å². The maximum Gasteiger partial charge on any atom is 0.384 e. The van der Waals surface area contributed by atoms with Crippen LogP contribution in [-0.4, -0.2) is 32.8 Å². The highest BCUT2D eigenvalue weighted by Crippen LogP contribution is 1.85. The SMILES string of the molecule is COCCC(N)C#CC(=O)OC. The highest BCUT2D eigenvalue weighted by molar-refractivity contribution is 5.88. The minimum Gasteiger partial charge on any atom is -0.459 e. The van der Waals surface area contributed by atoms with Crippen LogP contribution in [0.1, 0.15) is 6.42 Å². The molecule has 0 radical (unpaired) electrons. The minimum absolute atomic E-state index is 0.330. The highest BCUT2D eigenvalue weighted by atomic mass is 16.5. The molecule has 0 aromatic rings. The van der Waals surface area contributed by atoms with Crippen LogP contribution in [0.3, 0.4) is 0 Å². The Morgan fingerprint density at radius 1 is 1.58 bits per heavy atom. The van der Waals surface area contributed by atoms with Crippen molar-refractivity contribution >= 4 is 5.97 Å². The molecule has 4 heteroatoms. The van der Waals surface area contributed by atoms with Gasteiger partial charge in [0.1, 0.15) is 0 Å². The summed E-state index contributed by atoms with van der Waals surface area (Å²) in [6.07, 6.45) is 0.612. The molecule has 0 aromatic heterocycles. The Morgan fingerprint density at radius 2 is 2.25 bits per heavy atom. The summed E-state index contributed by atoms with van der Waals surface area (Å²) < 4.78 is 9.09. The Hall–Kier alpha value is -1.05. The summed E-state index contributed by atoms with van der Waals surface area (Å²) in [4.78, 5) is 10.5. The first kappa shape index (κ1) is 11.0. The van der Waals surface area contributed by atoms with E-state index >= 15 is 0 Å². The second-order valence-electron chi connectivity index (χ2n) is 2.15. The number of nitrogens with two attached hydrogens (primary N) is 1. The average Bonchev–Trinajstić information content (AvgIpc) is 2.10. The fourth-order valence-corrected chi connectivity index (χ4v) is 0.520. The van der Waals surface area contributed by atoms with Crippen LogP contribution >= 0.6 is 0 Å². The number of carbonyl (C=O) groups is 1. The summed E-state index contributed by atoms with van der Waals surface area (Å²) in [5, 5.41) is 0. The normalized spacial score (nSPS) is 11.2. The van der Waals surface area contributed by atoms with Crippen molar-refractivity contribution in [3.05, 3.63) is 0 Å². The molecule has 0 saturated carbocycles. The Balaban J connectivity index is 3.70. The summed E-state index contributed by atoms with van der Waals surface area (Å²) in [6.45, 7) is 0.539. The van der Waals surface area contributed by atoms with Gasteiger partial charge < -0.3 is 15.2 Å². The van der Waals surface area contributed by atoms with Gasteiger partial charge in [0.25, 0.3) is 0 Å². The van der Waals surface area contributed by atoms with Gasteiger partial charge in [-0.05, 0) is 6.42 Å². The second kappa shape index (κ2) is 6.65. The van der Waals surface area contributed by atoms with Crippen molar-refractivity contribution in [2.45, 2.75) is 12.5 Å². The van der Waals surface area contributed by atoms with Crippen LogP contribution in [0.15, 0.2) is 0 Å². The summed E-state index contributed by atoms with van der Waals surface area (Å²) in [5.74, 6) is 4.22. The van der Waals surface area contributed by atoms with Crippen LogP contribution in [0.25, 0.3) is 0 Å². The van der Waals surface area contributed by atoms with E-state index in [9.17, 15) is 4.79 Å². The Bertz CT molecular complexity index is 192. The lowest BCUT2D eigenvalue weighted by Crippen LogP contribution is -2.19. The first-order chi connectivity index (χ1) is 5.70. The molecule has 2 N–H and O–H groups in total. The largest absolute Gasteiger partial charge is 0.459 e. The third kappa shape index (κ3) is 5.71. The van der Waals surface area contributed by atoms with Crippen LogP contribution in [0.5, 0.6) is 0 Å². The fraction of sp³-hybridized carbons (Fsp3) is 0.625. The zero-order valence-electron chi connectivity index (χ0n) is 7.29. The third-order valence-electron chi connectivity index (χ3n) is 1.18. The molecular weight excluding hydrogens is 158 g/mol. The maximum absolute atomic E-state index is 10.5. The van der Waals surface area contributed by atoms with Gasteiger partial charge in [-0.1, -0.05) is 5.92 Å². The topological polar surface area (TPSA) is 61.5 Å². The lowest BCUT2D eigenvalue weighted by atomic mass is 10.2. The van der Waals surface area contributed by atoms with Gasteiger partial charge in [-0.25, -0.2) is 4.79 Å². The van der Waals surface area contributed by atoms with E-state index in [0.717, 1.165) is 0 Å². The highest BCUT2D eigenvalue weighted by Gasteiger charge is 1.97. The van der Waals surface area contributed by atoms with Crippen LogP contribution < -0.4 is 5.73 Å². The molecule has 68 valence electrons. The number of hydrogen-bond donors (Lipinski definition) is 1. The number of rotatable bonds is 3. The van der Waals surface area contributed by atoms with Crippen molar-refractivity contribution in [2.75, 3.05) is 20.8 Å². The predicted octanol–water partition coefficient (Wildman–Crippen LogP) is -0.473. The molecule has 0 aliphatic carbocycles. The third-order valence-corrected chi connectivity index (χ3v) is 1.18. The molecule has 0 spiro atoms. The molecule has 0 saturated heterocycles. The van der Waals surface area contributed by atoms with E-state index in [4.69, 9.17) is 10.5 Å². The van der Waals surface area contributed by atoms with Gasteiger partial charge in [-0.2, -0.15) is 0 Å². The van der Waals surface area contributed by atoms with E-state index in [0.29, 0.717) is 13.0 Å². The minimum atomic E-state index is -0.567. The van der Waals surface area contributed by atoms with Crippen molar-refractivity contribution in [3.8, 4) is 11.8 Å². The van der Waals surface area contributed by atoms with E-state index in [1.165, 1.54) is 7.11 Å². The summed E-state index contributed by atoms with van der Waals surface area (Å²) >= 11 is 0. The molecule has 1 atom stereocenters. The Morgan fingerprint density at radius 3 is 2.75 bits per heavy atom. The first-order valence-corrected chi connectivity index (χ1v) is 3.54. The molecular formula is C8H13NO3.